The fraction of sp³-hybridized carbons (Fsp3) is 0. The van der Waals surface area contributed by atoms with Crippen LogP contribution in [0.25, 0.3) is 93.6 Å². The van der Waals surface area contributed by atoms with Crippen LogP contribution in [0.4, 0.5) is 0 Å². The zero-order valence-electron chi connectivity index (χ0n) is 27.7. The number of aromatic nitrogens is 3. The summed E-state index contributed by atoms with van der Waals surface area (Å²) in [6, 6.07) is 68.4. The van der Waals surface area contributed by atoms with Crippen molar-refractivity contribution in [3.05, 3.63) is 188 Å². The Morgan fingerprint density at radius 3 is 1.08 bits per heavy atom. The van der Waals surface area contributed by atoms with Gasteiger partial charge in [0.05, 0.1) is 33.1 Å². The minimum atomic E-state index is 1.14. The fourth-order valence-corrected chi connectivity index (χ4v) is 8.46. The van der Waals surface area contributed by atoms with Gasteiger partial charge in [0.15, 0.2) is 0 Å². The molecule has 0 N–H and O–H groups in total. The summed E-state index contributed by atoms with van der Waals surface area (Å²) in [7, 11) is 0. The van der Waals surface area contributed by atoms with Gasteiger partial charge in [-0.2, -0.15) is 0 Å². The zero-order valence-corrected chi connectivity index (χ0v) is 27.7. The van der Waals surface area contributed by atoms with Crippen LogP contribution >= 0.6 is 0 Å². The first-order chi connectivity index (χ1) is 25.3. The van der Waals surface area contributed by atoms with Crippen LogP contribution in [0.3, 0.4) is 0 Å². The maximum absolute atomic E-state index is 2.48. The fourth-order valence-electron chi connectivity index (χ4n) is 8.46. The second-order valence-corrected chi connectivity index (χ2v) is 13.4. The molecule has 0 amide bonds. The summed E-state index contributed by atoms with van der Waals surface area (Å²) in [4.78, 5) is 0. The van der Waals surface area contributed by atoms with Crippen molar-refractivity contribution in [2.24, 2.45) is 0 Å². The van der Waals surface area contributed by atoms with E-state index in [0.717, 1.165) is 17.1 Å². The Kier molecular flexibility index (Phi) is 5.96. The van der Waals surface area contributed by atoms with Crippen LogP contribution in [-0.4, -0.2) is 13.7 Å². The number of hydrogen-bond acceptors (Lipinski definition) is 0. The molecule has 3 aromatic heterocycles. The van der Waals surface area contributed by atoms with Crippen molar-refractivity contribution in [3.8, 4) is 28.2 Å². The molecule has 3 nitrogen and oxygen atoms in total. The molecular weight excluding hydrogens is 619 g/mol. The Morgan fingerprint density at radius 2 is 0.588 bits per heavy atom. The first-order valence-corrected chi connectivity index (χ1v) is 17.5. The summed E-state index contributed by atoms with van der Waals surface area (Å²) in [5, 5.41) is 7.54. The first-order valence-electron chi connectivity index (χ1n) is 17.5. The lowest BCUT2D eigenvalue weighted by atomic mass is 10.0. The Morgan fingerprint density at radius 1 is 0.235 bits per heavy atom. The molecule has 0 saturated carbocycles. The Hall–Kier alpha value is -6.84. The van der Waals surface area contributed by atoms with Gasteiger partial charge in [-0.1, -0.05) is 127 Å². The number of hydrogen-bond donors (Lipinski definition) is 0. The molecule has 0 aliphatic heterocycles. The molecular formula is C48H31N3. The molecule has 11 aromatic rings. The minimum Gasteiger partial charge on any atom is -0.309 e. The zero-order chi connectivity index (χ0) is 33.5. The van der Waals surface area contributed by atoms with Crippen LogP contribution < -0.4 is 0 Å². The molecule has 0 radical (unpaired) electrons. The topological polar surface area (TPSA) is 14.8 Å². The predicted octanol–water partition coefficient (Wildman–Crippen LogP) is 12.6. The molecule has 11 rings (SSSR count). The van der Waals surface area contributed by atoms with Crippen molar-refractivity contribution in [2.45, 2.75) is 0 Å². The SMILES string of the molecule is c1ccc(-n2c3ccccc3c3ccc4c5ccccc5n(-c5cccc(-c6cccc(-n7c8ccccc8c8ccccc87)c6)c5)c4c32)cc1. The lowest BCUT2D eigenvalue weighted by Crippen LogP contribution is -1.99. The summed E-state index contributed by atoms with van der Waals surface area (Å²) in [6.07, 6.45) is 0. The highest BCUT2D eigenvalue weighted by Crippen LogP contribution is 2.42. The first kappa shape index (κ1) is 28.0. The molecule has 51 heavy (non-hydrogen) atoms. The Labute approximate surface area is 294 Å². The maximum Gasteiger partial charge on any atom is 0.0788 e. The van der Waals surface area contributed by atoms with E-state index in [1.165, 1.54) is 76.5 Å². The van der Waals surface area contributed by atoms with Crippen LogP contribution in [0.15, 0.2) is 188 Å². The molecule has 0 bridgehead atoms. The molecule has 8 aromatic carbocycles. The highest BCUT2D eigenvalue weighted by Gasteiger charge is 2.21. The number of rotatable bonds is 4. The number of benzene rings is 8. The predicted molar refractivity (Wildman–Crippen MR) is 215 cm³/mol. The molecule has 0 fully saturated rings. The summed E-state index contributed by atoms with van der Waals surface area (Å²) < 4.78 is 7.32. The van der Waals surface area contributed by atoms with Gasteiger partial charge in [-0.3, -0.25) is 0 Å². The summed E-state index contributed by atoms with van der Waals surface area (Å²) in [6.45, 7) is 0. The molecule has 0 saturated heterocycles. The second-order valence-electron chi connectivity index (χ2n) is 13.4. The van der Waals surface area contributed by atoms with E-state index < -0.39 is 0 Å². The smallest absolute Gasteiger partial charge is 0.0788 e. The van der Waals surface area contributed by atoms with Gasteiger partial charge in [0, 0.05) is 49.4 Å². The Balaban J connectivity index is 1.17. The molecule has 0 atom stereocenters. The molecule has 238 valence electrons. The van der Waals surface area contributed by atoms with E-state index >= 15 is 0 Å². The third kappa shape index (κ3) is 4.06. The summed E-state index contributed by atoms with van der Waals surface area (Å²) >= 11 is 0. The van der Waals surface area contributed by atoms with Crippen molar-refractivity contribution in [1.82, 2.24) is 13.7 Å². The molecule has 0 spiro atoms. The highest BCUT2D eigenvalue weighted by molar-refractivity contribution is 6.23. The molecule has 3 heteroatoms. The standard InChI is InChI=1S/C48H31N3/c1-2-16-34(17-3-1)50-45-26-10-6-22-39(45)41-28-29-42-40-23-7-11-27-46(40)51(48(42)47(41)50)36-19-13-15-33(31-36)32-14-12-18-35(30-32)49-43-24-8-4-20-37(43)38-21-5-9-25-44(38)49/h1-31H. The lowest BCUT2D eigenvalue weighted by molar-refractivity contribution is 1.15. The van der Waals surface area contributed by atoms with Gasteiger partial charge in [0.2, 0.25) is 0 Å². The van der Waals surface area contributed by atoms with Crippen molar-refractivity contribution in [1.29, 1.82) is 0 Å². The van der Waals surface area contributed by atoms with Gasteiger partial charge in [-0.15, -0.1) is 0 Å². The van der Waals surface area contributed by atoms with Crippen molar-refractivity contribution < 1.29 is 0 Å². The van der Waals surface area contributed by atoms with Crippen molar-refractivity contribution in [2.75, 3.05) is 0 Å². The van der Waals surface area contributed by atoms with E-state index in [-0.39, 0.29) is 0 Å². The largest absolute Gasteiger partial charge is 0.309 e. The van der Waals surface area contributed by atoms with E-state index in [1.807, 2.05) is 0 Å². The van der Waals surface area contributed by atoms with Gasteiger partial charge in [0.1, 0.15) is 0 Å². The average Bonchev–Trinajstić information content (AvgIpc) is 3.84. The maximum atomic E-state index is 2.48. The highest BCUT2D eigenvalue weighted by atomic mass is 15.0. The van der Waals surface area contributed by atoms with Gasteiger partial charge in [-0.05, 0) is 71.8 Å². The van der Waals surface area contributed by atoms with Gasteiger partial charge < -0.3 is 13.7 Å². The Bertz CT molecular complexity index is 3080. The van der Waals surface area contributed by atoms with E-state index in [9.17, 15) is 0 Å². The third-order valence-corrected chi connectivity index (χ3v) is 10.6. The quantitative estimate of drug-likeness (QED) is 0.180. The molecule has 3 heterocycles. The van der Waals surface area contributed by atoms with Gasteiger partial charge in [0.25, 0.3) is 0 Å². The van der Waals surface area contributed by atoms with E-state index in [4.69, 9.17) is 0 Å². The van der Waals surface area contributed by atoms with E-state index in [2.05, 4.69) is 202 Å². The second kappa shape index (κ2) is 10.8. The van der Waals surface area contributed by atoms with Crippen molar-refractivity contribution >= 4 is 65.4 Å². The van der Waals surface area contributed by atoms with Gasteiger partial charge >= 0.3 is 0 Å². The third-order valence-electron chi connectivity index (χ3n) is 10.6. The van der Waals surface area contributed by atoms with Gasteiger partial charge in [-0.25, -0.2) is 0 Å². The summed E-state index contributed by atoms with van der Waals surface area (Å²) in [5.74, 6) is 0. The van der Waals surface area contributed by atoms with Crippen LogP contribution in [0.5, 0.6) is 0 Å². The van der Waals surface area contributed by atoms with Crippen molar-refractivity contribution in [3.63, 3.8) is 0 Å². The number of para-hydroxylation sites is 5. The van der Waals surface area contributed by atoms with Crippen LogP contribution in [0.2, 0.25) is 0 Å². The number of fused-ring (bicyclic) bond motifs is 10. The van der Waals surface area contributed by atoms with Crippen LogP contribution in [0.1, 0.15) is 0 Å². The molecule has 0 aliphatic carbocycles. The van der Waals surface area contributed by atoms with Crippen LogP contribution in [-0.2, 0) is 0 Å². The molecule has 0 unspecified atom stereocenters. The normalized spacial score (nSPS) is 11.9. The molecule has 0 aliphatic rings. The minimum absolute atomic E-state index is 1.14. The van der Waals surface area contributed by atoms with E-state index in [1.54, 1.807) is 0 Å². The lowest BCUT2D eigenvalue weighted by Gasteiger charge is -2.14. The monoisotopic (exact) mass is 649 g/mol. The van der Waals surface area contributed by atoms with E-state index in [0.29, 0.717) is 0 Å². The number of nitrogens with zero attached hydrogens (tertiary/aromatic N) is 3. The van der Waals surface area contributed by atoms with Crippen LogP contribution in [0, 0.1) is 0 Å². The summed E-state index contributed by atoms with van der Waals surface area (Å²) in [5.41, 5.74) is 13.1. The average molecular weight is 650 g/mol.